The quantitative estimate of drug-likeness (QED) is 0.0537. The number of aliphatic imine (C=N–C) groups is 1. The van der Waals surface area contributed by atoms with Crippen molar-refractivity contribution in [2.75, 3.05) is 30.9 Å². The lowest BCUT2D eigenvalue weighted by Crippen LogP contribution is -2.57. The molecule has 0 aliphatic carbocycles. The van der Waals surface area contributed by atoms with Crippen LogP contribution in [0.4, 0.5) is 0 Å². The molecule has 0 aromatic carbocycles. The van der Waals surface area contributed by atoms with E-state index < -0.39 is 35.9 Å². The lowest BCUT2D eigenvalue weighted by molar-refractivity contribution is -0.142. The van der Waals surface area contributed by atoms with Crippen LogP contribution in [0, 0.1) is 0 Å². The van der Waals surface area contributed by atoms with Gasteiger partial charge < -0.3 is 37.8 Å². The van der Waals surface area contributed by atoms with Crippen LogP contribution in [-0.4, -0.2) is 89.8 Å². The topological polar surface area (TPSA) is 201 Å². The molecule has 0 saturated carbocycles. The number of carboxylic acid groups (broad SMARTS) is 1. The minimum atomic E-state index is -1.22. The molecule has 1 saturated heterocycles. The summed E-state index contributed by atoms with van der Waals surface area (Å²) < 4.78 is 0. The standard InChI is InChI=1S/C19H35N7O5S2/c1-33-9-6-12(24-15(27)11-4-2-7-22-11)16(28)26-14(10-32)17(29)25-13(18(30)31)5-3-8-23-19(20)21/h11-14,22,32H,2-10H2,1H3,(H,24,27)(H,25,29)(H,26,28)(H,30,31)(H4,20,21,23). The van der Waals surface area contributed by atoms with Crippen molar-refractivity contribution in [2.45, 2.75) is 56.3 Å². The van der Waals surface area contributed by atoms with E-state index in [1.54, 1.807) is 0 Å². The van der Waals surface area contributed by atoms with Gasteiger partial charge in [-0.2, -0.15) is 24.4 Å². The number of nitrogens with two attached hydrogens (primary N) is 2. The molecule has 0 radical (unpaired) electrons. The second kappa shape index (κ2) is 15.6. The highest BCUT2D eigenvalue weighted by Gasteiger charge is 2.30. The zero-order valence-electron chi connectivity index (χ0n) is 18.7. The van der Waals surface area contributed by atoms with E-state index >= 15 is 0 Å². The van der Waals surface area contributed by atoms with Gasteiger partial charge >= 0.3 is 5.97 Å². The molecule has 1 aliphatic rings. The normalized spacial score (nSPS) is 17.9. The van der Waals surface area contributed by atoms with Gasteiger partial charge in [0.25, 0.3) is 0 Å². The number of aliphatic carboxylic acids is 1. The molecule has 0 bridgehead atoms. The van der Waals surface area contributed by atoms with E-state index in [4.69, 9.17) is 11.5 Å². The van der Waals surface area contributed by atoms with Gasteiger partial charge in [0.1, 0.15) is 18.1 Å². The Kier molecular flexibility index (Phi) is 13.6. The summed E-state index contributed by atoms with van der Waals surface area (Å²) in [5, 5.41) is 20.2. The Morgan fingerprint density at radius 3 is 2.33 bits per heavy atom. The highest BCUT2D eigenvalue weighted by Crippen LogP contribution is 2.08. The second-order valence-corrected chi connectivity index (χ2v) is 8.93. The average Bonchev–Trinajstić information content (AvgIpc) is 3.31. The summed E-state index contributed by atoms with van der Waals surface area (Å²) >= 11 is 5.65. The lowest BCUT2D eigenvalue weighted by atomic mass is 10.1. The Labute approximate surface area is 203 Å². The van der Waals surface area contributed by atoms with Crippen LogP contribution in [-0.2, 0) is 19.2 Å². The third-order valence-corrected chi connectivity index (χ3v) is 6.00. The summed E-state index contributed by atoms with van der Waals surface area (Å²) in [5.41, 5.74) is 10.5. The van der Waals surface area contributed by atoms with E-state index in [0.717, 1.165) is 13.0 Å². The average molecular weight is 506 g/mol. The number of thioether (sulfide) groups is 1. The Morgan fingerprint density at radius 1 is 1.12 bits per heavy atom. The molecule has 3 amide bonds. The molecule has 4 unspecified atom stereocenters. The monoisotopic (exact) mass is 505 g/mol. The number of hydrogen-bond donors (Lipinski definition) is 8. The summed E-state index contributed by atoms with van der Waals surface area (Å²) in [5.74, 6) is -2.20. The largest absolute Gasteiger partial charge is 0.480 e. The number of amides is 3. The number of guanidine groups is 1. The molecule has 188 valence electrons. The first-order valence-electron chi connectivity index (χ1n) is 10.7. The molecular formula is C19H35N7O5S2. The van der Waals surface area contributed by atoms with E-state index in [-0.39, 0.29) is 36.6 Å². The van der Waals surface area contributed by atoms with Gasteiger partial charge in [-0.15, -0.1) is 0 Å². The van der Waals surface area contributed by atoms with Crippen molar-refractivity contribution in [3.63, 3.8) is 0 Å². The van der Waals surface area contributed by atoms with Gasteiger partial charge in [0.05, 0.1) is 6.04 Å². The number of nitrogens with zero attached hydrogens (tertiary/aromatic N) is 1. The molecule has 1 rings (SSSR count). The van der Waals surface area contributed by atoms with Gasteiger partial charge in [-0.05, 0) is 50.7 Å². The first-order valence-corrected chi connectivity index (χ1v) is 12.7. The second-order valence-electron chi connectivity index (χ2n) is 7.58. The number of carbonyl (C=O) groups is 4. The van der Waals surface area contributed by atoms with Crippen molar-refractivity contribution in [3.8, 4) is 0 Å². The lowest BCUT2D eigenvalue weighted by Gasteiger charge is -2.24. The molecule has 1 heterocycles. The molecule has 9 N–H and O–H groups in total. The highest BCUT2D eigenvalue weighted by molar-refractivity contribution is 7.98. The number of carbonyl (C=O) groups excluding carboxylic acids is 3. The maximum absolute atomic E-state index is 12.8. The van der Waals surface area contributed by atoms with Crippen LogP contribution < -0.4 is 32.7 Å². The number of carboxylic acids is 1. The Bertz CT molecular complexity index is 700. The van der Waals surface area contributed by atoms with Gasteiger partial charge in [-0.1, -0.05) is 0 Å². The van der Waals surface area contributed by atoms with E-state index in [0.29, 0.717) is 25.0 Å². The molecule has 12 nitrogen and oxygen atoms in total. The molecule has 14 heteroatoms. The zero-order valence-corrected chi connectivity index (χ0v) is 20.4. The summed E-state index contributed by atoms with van der Waals surface area (Å²) in [7, 11) is 0. The maximum atomic E-state index is 12.8. The van der Waals surface area contributed by atoms with Crippen LogP contribution in [0.3, 0.4) is 0 Å². The smallest absolute Gasteiger partial charge is 0.326 e. The van der Waals surface area contributed by atoms with Crippen molar-refractivity contribution < 1.29 is 24.3 Å². The fraction of sp³-hybridized carbons (Fsp3) is 0.737. The minimum Gasteiger partial charge on any atom is -0.480 e. The molecule has 33 heavy (non-hydrogen) atoms. The van der Waals surface area contributed by atoms with E-state index in [2.05, 4.69) is 38.9 Å². The fourth-order valence-electron chi connectivity index (χ4n) is 3.18. The summed E-state index contributed by atoms with van der Waals surface area (Å²) in [6.45, 7) is 0.972. The summed E-state index contributed by atoms with van der Waals surface area (Å²) in [6.07, 6.45) is 4.30. The molecule has 0 spiro atoms. The maximum Gasteiger partial charge on any atom is 0.326 e. The van der Waals surface area contributed by atoms with Crippen LogP contribution in [0.25, 0.3) is 0 Å². The molecular weight excluding hydrogens is 470 g/mol. The highest BCUT2D eigenvalue weighted by atomic mass is 32.2. The SMILES string of the molecule is CSCCC(NC(=O)C1CCCN1)C(=O)NC(CS)C(=O)NC(CCCN=C(N)N)C(=O)O. The Hall–Kier alpha value is -2.19. The third kappa shape index (κ3) is 11.0. The van der Waals surface area contributed by atoms with Crippen LogP contribution in [0.2, 0.25) is 0 Å². The van der Waals surface area contributed by atoms with Crippen molar-refractivity contribution in [1.82, 2.24) is 21.3 Å². The molecule has 1 aliphatic heterocycles. The predicted octanol–water partition coefficient (Wildman–Crippen LogP) is -1.99. The van der Waals surface area contributed by atoms with Crippen molar-refractivity contribution in [2.24, 2.45) is 16.5 Å². The van der Waals surface area contributed by atoms with Crippen LogP contribution >= 0.6 is 24.4 Å². The first-order chi connectivity index (χ1) is 15.7. The van der Waals surface area contributed by atoms with Gasteiger partial charge in [0, 0.05) is 12.3 Å². The van der Waals surface area contributed by atoms with Gasteiger partial charge in [-0.25, -0.2) is 4.79 Å². The van der Waals surface area contributed by atoms with Gasteiger partial charge in [-0.3, -0.25) is 19.4 Å². The van der Waals surface area contributed by atoms with Crippen LogP contribution in [0.15, 0.2) is 4.99 Å². The van der Waals surface area contributed by atoms with Crippen molar-refractivity contribution in [3.05, 3.63) is 0 Å². The van der Waals surface area contributed by atoms with E-state index in [9.17, 15) is 24.3 Å². The van der Waals surface area contributed by atoms with E-state index in [1.807, 2.05) is 6.26 Å². The zero-order chi connectivity index (χ0) is 24.8. The first kappa shape index (κ1) is 28.8. The summed E-state index contributed by atoms with van der Waals surface area (Å²) in [4.78, 5) is 53.2. The van der Waals surface area contributed by atoms with E-state index in [1.165, 1.54) is 11.8 Å². The summed E-state index contributed by atoms with van der Waals surface area (Å²) in [6, 6.07) is -3.41. The number of nitrogens with one attached hydrogen (secondary N) is 4. The molecule has 0 aromatic rings. The Morgan fingerprint density at radius 2 is 1.79 bits per heavy atom. The molecule has 1 fully saturated rings. The minimum absolute atomic E-state index is 0.0503. The fourth-order valence-corrected chi connectivity index (χ4v) is 3.91. The van der Waals surface area contributed by atoms with Crippen molar-refractivity contribution >= 4 is 54.0 Å². The van der Waals surface area contributed by atoms with Gasteiger partial charge in [0.2, 0.25) is 17.7 Å². The number of thiol groups is 1. The third-order valence-electron chi connectivity index (χ3n) is 5.00. The van der Waals surface area contributed by atoms with Crippen LogP contribution in [0.5, 0.6) is 0 Å². The Balaban J connectivity index is 2.71. The molecule has 0 aromatic heterocycles. The molecule has 4 atom stereocenters. The van der Waals surface area contributed by atoms with Crippen molar-refractivity contribution in [1.29, 1.82) is 0 Å². The number of hydrogen-bond acceptors (Lipinski definition) is 8. The number of rotatable bonds is 15. The van der Waals surface area contributed by atoms with Gasteiger partial charge in [0.15, 0.2) is 5.96 Å². The predicted molar refractivity (Wildman–Crippen MR) is 131 cm³/mol. The van der Waals surface area contributed by atoms with Crippen LogP contribution in [0.1, 0.15) is 32.1 Å².